The van der Waals surface area contributed by atoms with E-state index in [4.69, 9.17) is 4.42 Å². The van der Waals surface area contributed by atoms with Gasteiger partial charge in [-0.25, -0.2) is 4.79 Å². The van der Waals surface area contributed by atoms with Gasteiger partial charge in [-0.1, -0.05) is 0 Å². The molecular formula is C8H8O2. The molecule has 1 aliphatic carbocycles. The molecule has 0 amide bonds. The molecule has 0 aliphatic heterocycles. The zero-order valence-corrected chi connectivity index (χ0v) is 5.59. The van der Waals surface area contributed by atoms with Gasteiger partial charge in [0.1, 0.15) is 0 Å². The van der Waals surface area contributed by atoms with E-state index >= 15 is 0 Å². The monoisotopic (exact) mass is 136 g/mol. The van der Waals surface area contributed by atoms with Crippen molar-refractivity contribution in [2.75, 3.05) is 0 Å². The Morgan fingerprint density at radius 3 is 3.00 bits per heavy atom. The lowest BCUT2D eigenvalue weighted by Gasteiger charge is -1.91. The minimum Gasteiger partial charge on any atom is -0.431 e. The highest BCUT2D eigenvalue weighted by molar-refractivity contribution is 5.26. The first kappa shape index (κ1) is 5.71. The molecule has 0 spiro atoms. The standard InChI is InChI=1S/C8H8O2/c9-8-4-6-2-1-3-7(6)5-10-8/h4-5H,1-3H2. The van der Waals surface area contributed by atoms with Gasteiger partial charge in [0.15, 0.2) is 0 Å². The molecule has 2 rings (SSSR count). The normalized spacial score (nSPS) is 15.2. The summed E-state index contributed by atoms with van der Waals surface area (Å²) in [5.41, 5.74) is 2.16. The van der Waals surface area contributed by atoms with Gasteiger partial charge in [0.25, 0.3) is 0 Å². The SMILES string of the molecule is O=c1cc2c(co1)CCC2. The predicted molar refractivity (Wildman–Crippen MR) is 37.0 cm³/mol. The fourth-order valence-electron chi connectivity index (χ4n) is 1.40. The highest BCUT2D eigenvalue weighted by Gasteiger charge is 2.10. The molecule has 0 radical (unpaired) electrons. The summed E-state index contributed by atoms with van der Waals surface area (Å²) in [6.45, 7) is 0. The van der Waals surface area contributed by atoms with E-state index in [0.717, 1.165) is 19.3 Å². The van der Waals surface area contributed by atoms with Crippen molar-refractivity contribution < 1.29 is 4.42 Å². The summed E-state index contributed by atoms with van der Waals surface area (Å²) < 4.78 is 4.71. The maximum Gasteiger partial charge on any atom is 0.335 e. The fraction of sp³-hybridized carbons (Fsp3) is 0.375. The predicted octanol–water partition coefficient (Wildman–Crippen LogP) is 1.13. The second-order valence-corrected chi connectivity index (χ2v) is 2.60. The summed E-state index contributed by atoms with van der Waals surface area (Å²) in [6.07, 6.45) is 4.86. The topological polar surface area (TPSA) is 30.2 Å². The quantitative estimate of drug-likeness (QED) is 0.535. The van der Waals surface area contributed by atoms with Gasteiger partial charge in [0.2, 0.25) is 0 Å². The van der Waals surface area contributed by atoms with Crippen LogP contribution in [-0.2, 0) is 12.8 Å². The van der Waals surface area contributed by atoms with Crippen LogP contribution >= 0.6 is 0 Å². The molecule has 1 aliphatic rings. The van der Waals surface area contributed by atoms with Crippen molar-refractivity contribution in [2.45, 2.75) is 19.3 Å². The smallest absolute Gasteiger partial charge is 0.335 e. The first-order valence-electron chi connectivity index (χ1n) is 3.47. The summed E-state index contributed by atoms with van der Waals surface area (Å²) in [5, 5.41) is 0. The van der Waals surface area contributed by atoms with E-state index in [-0.39, 0.29) is 5.63 Å². The van der Waals surface area contributed by atoms with E-state index in [2.05, 4.69) is 0 Å². The molecule has 0 bridgehead atoms. The molecule has 2 heteroatoms. The highest BCUT2D eigenvalue weighted by atomic mass is 16.4. The van der Waals surface area contributed by atoms with Crippen molar-refractivity contribution in [3.05, 3.63) is 33.9 Å². The van der Waals surface area contributed by atoms with Crippen LogP contribution in [0.4, 0.5) is 0 Å². The van der Waals surface area contributed by atoms with E-state index in [1.165, 1.54) is 11.1 Å². The second-order valence-electron chi connectivity index (χ2n) is 2.60. The van der Waals surface area contributed by atoms with Crippen molar-refractivity contribution in [3.63, 3.8) is 0 Å². The molecule has 1 heterocycles. The summed E-state index contributed by atoms with van der Waals surface area (Å²) in [4.78, 5) is 10.7. The Bertz CT molecular complexity index is 298. The molecule has 1 aromatic rings. The van der Waals surface area contributed by atoms with E-state index in [0.29, 0.717) is 0 Å². The number of fused-ring (bicyclic) bond motifs is 1. The zero-order chi connectivity index (χ0) is 6.97. The first-order valence-corrected chi connectivity index (χ1v) is 3.47. The fourth-order valence-corrected chi connectivity index (χ4v) is 1.40. The van der Waals surface area contributed by atoms with Crippen molar-refractivity contribution in [2.24, 2.45) is 0 Å². The lowest BCUT2D eigenvalue weighted by molar-refractivity contribution is 0.504. The molecule has 0 unspecified atom stereocenters. The van der Waals surface area contributed by atoms with E-state index < -0.39 is 0 Å². The summed E-state index contributed by atoms with van der Waals surface area (Å²) in [5.74, 6) is 0. The molecule has 0 N–H and O–H groups in total. The van der Waals surface area contributed by atoms with E-state index in [9.17, 15) is 4.79 Å². The summed E-state index contributed by atoms with van der Waals surface area (Å²) >= 11 is 0. The van der Waals surface area contributed by atoms with Gasteiger partial charge in [0.05, 0.1) is 6.26 Å². The maximum absolute atomic E-state index is 10.7. The van der Waals surface area contributed by atoms with Crippen molar-refractivity contribution in [1.29, 1.82) is 0 Å². The van der Waals surface area contributed by atoms with Crippen LogP contribution in [0.15, 0.2) is 21.5 Å². The molecule has 0 atom stereocenters. The van der Waals surface area contributed by atoms with E-state index in [1.807, 2.05) is 0 Å². The Balaban J connectivity index is 2.63. The van der Waals surface area contributed by atoms with Crippen LogP contribution in [0.5, 0.6) is 0 Å². The van der Waals surface area contributed by atoms with Crippen LogP contribution in [0, 0.1) is 0 Å². The van der Waals surface area contributed by atoms with Gasteiger partial charge >= 0.3 is 5.63 Å². The molecule has 0 saturated carbocycles. The maximum atomic E-state index is 10.7. The molecule has 0 aromatic carbocycles. The van der Waals surface area contributed by atoms with Gasteiger partial charge in [-0.2, -0.15) is 0 Å². The number of hydrogen-bond donors (Lipinski definition) is 0. The molecule has 0 saturated heterocycles. The molecular weight excluding hydrogens is 128 g/mol. The number of hydrogen-bond acceptors (Lipinski definition) is 2. The zero-order valence-electron chi connectivity index (χ0n) is 5.59. The third-order valence-electron chi connectivity index (χ3n) is 1.91. The summed E-state index contributed by atoms with van der Waals surface area (Å²) in [7, 11) is 0. The Kier molecular flexibility index (Phi) is 1.13. The minimum absolute atomic E-state index is 0.222. The number of aryl methyl sites for hydroxylation is 2. The average molecular weight is 136 g/mol. The van der Waals surface area contributed by atoms with Crippen molar-refractivity contribution in [3.8, 4) is 0 Å². The summed E-state index contributed by atoms with van der Waals surface area (Å²) in [6, 6.07) is 1.60. The molecule has 0 fully saturated rings. The third kappa shape index (κ3) is 0.764. The van der Waals surface area contributed by atoms with Crippen molar-refractivity contribution in [1.82, 2.24) is 0 Å². The molecule has 1 aromatic heterocycles. The molecule has 10 heavy (non-hydrogen) atoms. The Morgan fingerprint density at radius 1 is 1.30 bits per heavy atom. The Morgan fingerprint density at radius 2 is 2.10 bits per heavy atom. The highest BCUT2D eigenvalue weighted by Crippen LogP contribution is 2.18. The minimum atomic E-state index is -0.222. The first-order chi connectivity index (χ1) is 4.86. The Hall–Kier alpha value is -1.05. The number of rotatable bonds is 0. The van der Waals surface area contributed by atoms with Gasteiger partial charge in [-0.3, -0.25) is 0 Å². The van der Waals surface area contributed by atoms with Gasteiger partial charge in [-0.05, 0) is 30.4 Å². The van der Waals surface area contributed by atoms with Crippen molar-refractivity contribution >= 4 is 0 Å². The van der Waals surface area contributed by atoms with E-state index in [1.54, 1.807) is 12.3 Å². The van der Waals surface area contributed by atoms with Crippen LogP contribution in [0.2, 0.25) is 0 Å². The van der Waals surface area contributed by atoms with Crippen LogP contribution in [0.3, 0.4) is 0 Å². The van der Waals surface area contributed by atoms with Gasteiger partial charge in [0, 0.05) is 6.07 Å². The van der Waals surface area contributed by atoms with Gasteiger partial charge in [-0.15, -0.1) is 0 Å². The lowest BCUT2D eigenvalue weighted by atomic mass is 10.2. The molecule has 52 valence electrons. The third-order valence-corrected chi connectivity index (χ3v) is 1.91. The molecule has 2 nitrogen and oxygen atoms in total. The largest absolute Gasteiger partial charge is 0.431 e. The second kappa shape index (κ2) is 1.97. The Labute approximate surface area is 58.5 Å². The lowest BCUT2D eigenvalue weighted by Crippen LogP contribution is -1.97. The van der Waals surface area contributed by atoms with Crippen LogP contribution < -0.4 is 5.63 Å². The average Bonchev–Trinajstić information content (AvgIpc) is 2.33. The van der Waals surface area contributed by atoms with Gasteiger partial charge < -0.3 is 4.42 Å². The van der Waals surface area contributed by atoms with Crippen LogP contribution in [0.1, 0.15) is 17.5 Å². The van der Waals surface area contributed by atoms with Crippen LogP contribution in [-0.4, -0.2) is 0 Å². The van der Waals surface area contributed by atoms with Crippen LogP contribution in [0.25, 0.3) is 0 Å².